The quantitative estimate of drug-likeness (QED) is 0.819. The zero-order valence-electron chi connectivity index (χ0n) is 11.9. The zero-order chi connectivity index (χ0) is 13.7. The van der Waals surface area contributed by atoms with Gasteiger partial charge in [0.1, 0.15) is 5.75 Å². The minimum absolute atomic E-state index is 0.380. The highest BCUT2D eigenvalue weighted by molar-refractivity contribution is 9.10. The van der Waals surface area contributed by atoms with Crippen molar-refractivity contribution in [1.29, 1.82) is 0 Å². The molecule has 1 atom stereocenters. The van der Waals surface area contributed by atoms with Crippen LogP contribution < -0.4 is 10.1 Å². The summed E-state index contributed by atoms with van der Waals surface area (Å²) in [5.74, 6) is 1.73. The van der Waals surface area contributed by atoms with Crippen LogP contribution in [0.2, 0.25) is 0 Å². The largest absolute Gasteiger partial charge is 0.492 e. The first-order valence-electron chi connectivity index (χ1n) is 7.36. The van der Waals surface area contributed by atoms with Crippen LogP contribution >= 0.6 is 15.9 Å². The smallest absolute Gasteiger partial charge is 0.133 e. The molecule has 1 aromatic carbocycles. The van der Waals surface area contributed by atoms with E-state index in [-0.39, 0.29) is 0 Å². The van der Waals surface area contributed by atoms with Crippen molar-refractivity contribution in [3.8, 4) is 5.75 Å². The second-order valence-electron chi connectivity index (χ2n) is 5.43. The molecule has 3 heteroatoms. The van der Waals surface area contributed by atoms with Gasteiger partial charge in [-0.05, 0) is 65.9 Å². The molecule has 0 aliphatic heterocycles. The third-order valence-corrected chi connectivity index (χ3v) is 4.54. The third kappa shape index (κ3) is 4.22. The van der Waals surface area contributed by atoms with E-state index >= 15 is 0 Å². The lowest BCUT2D eigenvalue weighted by atomic mass is 10.1. The topological polar surface area (TPSA) is 21.3 Å². The van der Waals surface area contributed by atoms with Crippen LogP contribution in [-0.4, -0.2) is 13.2 Å². The van der Waals surface area contributed by atoms with E-state index in [1.54, 1.807) is 0 Å². The maximum absolute atomic E-state index is 5.95. The molecule has 0 saturated heterocycles. The van der Waals surface area contributed by atoms with Gasteiger partial charge in [0, 0.05) is 6.04 Å². The van der Waals surface area contributed by atoms with Crippen molar-refractivity contribution < 1.29 is 4.74 Å². The lowest BCUT2D eigenvalue weighted by Crippen LogP contribution is -2.17. The van der Waals surface area contributed by atoms with Gasteiger partial charge in [-0.2, -0.15) is 0 Å². The van der Waals surface area contributed by atoms with Crippen molar-refractivity contribution in [1.82, 2.24) is 5.32 Å². The highest BCUT2D eigenvalue weighted by Gasteiger charge is 2.16. The molecule has 2 rings (SSSR count). The molecule has 1 saturated carbocycles. The van der Waals surface area contributed by atoms with Gasteiger partial charge in [-0.3, -0.25) is 0 Å². The standard InChI is InChI=1S/C16H24BrNO/c1-3-18-12(2)14-8-9-16(15(17)10-14)19-11-13-6-4-5-7-13/h8-10,12-13,18H,3-7,11H2,1-2H3. The highest BCUT2D eigenvalue weighted by Crippen LogP contribution is 2.30. The van der Waals surface area contributed by atoms with E-state index in [0.29, 0.717) is 6.04 Å². The van der Waals surface area contributed by atoms with Gasteiger partial charge in [0.2, 0.25) is 0 Å². The van der Waals surface area contributed by atoms with E-state index in [1.807, 2.05) is 0 Å². The molecule has 0 amide bonds. The number of ether oxygens (including phenoxy) is 1. The Kier molecular flexibility index (Phi) is 5.71. The molecular weight excluding hydrogens is 302 g/mol. The van der Waals surface area contributed by atoms with Gasteiger partial charge < -0.3 is 10.1 Å². The Morgan fingerprint density at radius 1 is 1.37 bits per heavy atom. The van der Waals surface area contributed by atoms with Crippen LogP contribution in [0.15, 0.2) is 22.7 Å². The molecular formula is C16H24BrNO. The van der Waals surface area contributed by atoms with Gasteiger partial charge in [0.15, 0.2) is 0 Å². The fraction of sp³-hybridized carbons (Fsp3) is 0.625. The molecule has 1 unspecified atom stereocenters. The molecule has 2 nitrogen and oxygen atoms in total. The fourth-order valence-corrected chi connectivity index (χ4v) is 3.22. The van der Waals surface area contributed by atoms with Crippen molar-refractivity contribution in [2.75, 3.05) is 13.2 Å². The Morgan fingerprint density at radius 2 is 2.11 bits per heavy atom. The predicted molar refractivity (Wildman–Crippen MR) is 83.7 cm³/mol. The van der Waals surface area contributed by atoms with Gasteiger partial charge in [-0.25, -0.2) is 0 Å². The van der Waals surface area contributed by atoms with Crippen LogP contribution in [-0.2, 0) is 0 Å². The second kappa shape index (κ2) is 7.30. The van der Waals surface area contributed by atoms with Crippen molar-refractivity contribution >= 4 is 15.9 Å². The van der Waals surface area contributed by atoms with E-state index in [4.69, 9.17) is 4.74 Å². The first kappa shape index (κ1) is 14.9. The Morgan fingerprint density at radius 3 is 2.74 bits per heavy atom. The maximum atomic E-state index is 5.95. The summed E-state index contributed by atoms with van der Waals surface area (Å²) in [5, 5.41) is 3.42. The number of hydrogen-bond donors (Lipinski definition) is 1. The van der Waals surface area contributed by atoms with Gasteiger partial charge in [-0.1, -0.05) is 25.8 Å². The summed E-state index contributed by atoms with van der Waals surface area (Å²) in [6.07, 6.45) is 5.39. The fourth-order valence-electron chi connectivity index (χ4n) is 2.71. The first-order chi connectivity index (χ1) is 9.20. The van der Waals surface area contributed by atoms with Crippen LogP contribution in [0.1, 0.15) is 51.1 Å². The molecule has 0 bridgehead atoms. The van der Waals surface area contributed by atoms with Gasteiger partial charge in [-0.15, -0.1) is 0 Å². The van der Waals surface area contributed by atoms with Gasteiger partial charge in [0.05, 0.1) is 11.1 Å². The number of rotatable bonds is 6. The molecule has 106 valence electrons. The molecule has 1 N–H and O–H groups in total. The summed E-state index contributed by atoms with van der Waals surface area (Å²) in [6, 6.07) is 6.78. The predicted octanol–water partition coefficient (Wildman–Crippen LogP) is 4.69. The summed E-state index contributed by atoms with van der Waals surface area (Å²) in [7, 11) is 0. The third-order valence-electron chi connectivity index (χ3n) is 3.92. The first-order valence-corrected chi connectivity index (χ1v) is 8.15. The molecule has 1 aliphatic carbocycles. The highest BCUT2D eigenvalue weighted by atomic mass is 79.9. The van der Waals surface area contributed by atoms with Crippen molar-refractivity contribution in [2.45, 2.75) is 45.6 Å². The van der Waals surface area contributed by atoms with Crippen molar-refractivity contribution in [3.63, 3.8) is 0 Å². The molecule has 1 fully saturated rings. The van der Waals surface area contributed by atoms with Crippen molar-refractivity contribution in [3.05, 3.63) is 28.2 Å². The summed E-state index contributed by atoms with van der Waals surface area (Å²) in [6.45, 7) is 6.16. The van der Waals surface area contributed by atoms with E-state index in [0.717, 1.165) is 29.3 Å². The van der Waals surface area contributed by atoms with Crippen LogP contribution in [0.25, 0.3) is 0 Å². The maximum Gasteiger partial charge on any atom is 0.133 e. The van der Waals surface area contributed by atoms with Crippen molar-refractivity contribution in [2.24, 2.45) is 5.92 Å². The Balaban J connectivity index is 1.94. The molecule has 0 radical (unpaired) electrons. The monoisotopic (exact) mass is 325 g/mol. The molecule has 0 spiro atoms. The molecule has 0 aromatic heterocycles. The summed E-state index contributed by atoms with van der Waals surface area (Å²) in [5.41, 5.74) is 1.29. The second-order valence-corrected chi connectivity index (χ2v) is 6.29. The molecule has 1 aliphatic rings. The van der Waals surface area contributed by atoms with E-state index in [1.165, 1.54) is 31.2 Å². The van der Waals surface area contributed by atoms with Crippen LogP contribution in [0.4, 0.5) is 0 Å². The van der Waals surface area contributed by atoms with E-state index < -0.39 is 0 Å². The number of benzene rings is 1. The van der Waals surface area contributed by atoms with Gasteiger partial charge in [0.25, 0.3) is 0 Å². The Labute approximate surface area is 125 Å². The molecule has 1 aromatic rings. The normalized spacial score (nSPS) is 17.6. The number of halogens is 1. The van der Waals surface area contributed by atoms with Gasteiger partial charge >= 0.3 is 0 Å². The molecule has 0 heterocycles. The Hall–Kier alpha value is -0.540. The SMILES string of the molecule is CCNC(C)c1ccc(OCC2CCCC2)c(Br)c1. The van der Waals surface area contributed by atoms with E-state index in [9.17, 15) is 0 Å². The minimum Gasteiger partial charge on any atom is -0.492 e. The Bertz CT molecular complexity index is 402. The summed E-state index contributed by atoms with van der Waals surface area (Å²) in [4.78, 5) is 0. The number of nitrogens with one attached hydrogen (secondary N) is 1. The summed E-state index contributed by atoms with van der Waals surface area (Å²) >= 11 is 3.62. The van der Waals surface area contributed by atoms with Crippen LogP contribution in [0, 0.1) is 5.92 Å². The van der Waals surface area contributed by atoms with E-state index in [2.05, 4.69) is 53.3 Å². The average molecular weight is 326 g/mol. The summed E-state index contributed by atoms with van der Waals surface area (Å²) < 4.78 is 7.01. The molecule has 19 heavy (non-hydrogen) atoms. The zero-order valence-corrected chi connectivity index (χ0v) is 13.5. The lowest BCUT2D eigenvalue weighted by molar-refractivity contribution is 0.250. The minimum atomic E-state index is 0.380. The van der Waals surface area contributed by atoms with Crippen LogP contribution in [0.5, 0.6) is 5.75 Å². The average Bonchev–Trinajstić information content (AvgIpc) is 2.90. The lowest BCUT2D eigenvalue weighted by Gasteiger charge is -2.16. The number of hydrogen-bond acceptors (Lipinski definition) is 2. The van der Waals surface area contributed by atoms with Crippen LogP contribution in [0.3, 0.4) is 0 Å².